The van der Waals surface area contributed by atoms with Gasteiger partial charge in [-0.2, -0.15) is 0 Å². The Morgan fingerprint density at radius 3 is 2.71 bits per heavy atom. The SMILES string of the molecule is Cc1nc(-c2cncn2C2CC2)nc(Cl)c1C. The molecule has 0 radical (unpaired) electrons. The van der Waals surface area contributed by atoms with Gasteiger partial charge in [-0.1, -0.05) is 11.6 Å². The van der Waals surface area contributed by atoms with E-state index in [0.717, 1.165) is 17.0 Å². The van der Waals surface area contributed by atoms with Gasteiger partial charge in [0.2, 0.25) is 0 Å². The van der Waals surface area contributed by atoms with Crippen molar-refractivity contribution in [2.24, 2.45) is 0 Å². The molecule has 0 saturated heterocycles. The first-order valence-electron chi connectivity index (χ1n) is 5.69. The van der Waals surface area contributed by atoms with E-state index in [4.69, 9.17) is 11.6 Å². The molecule has 5 heteroatoms. The number of nitrogens with zero attached hydrogens (tertiary/aromatic N) is 4. The highest BCUT2D eigenvalue weighted by Gasteiger charge is 2.26. The van der Waals surface area contributed by atoms with Gasteiger partial charge in [-0.25, -0.2) is 15.0 Å². The summed E-state index contributed by atoms with van der Waals surface area (Å²) in [6.07, 6.45) is 6.07. The third kappa shape index (κ3) is 1.82. The van der Waals surface area contributed by atoms with Gasteiger partial charge in [0.05, 0.1) is 12.5 Å². The second kappa shape index (κ2) is 3.81. The van der Waals surface area contributed by atoms with Gasteiger partial charge >= 0.3 is 0 Å². The van der Waals surface area contributed by atoms with E-state index < -0.39 is 0 Å². The van der Waals surface area contributed by atoms with Crippen LogP contribution in [-0.4, -0.2) is 19.5 Å². The van der Waals surface area contributed by atoms with Gasteiger partial charge in [-0.05, 0) is 26.7 Å². The van der Waals surface area contributed by atoms with Gasteiger partial charge in [0, 0.05) is 17.3 Å². The fourth-order valence-electron chi connectivity index (χ4n) is 1.83. The van der Waals surface area contributed by atoms with Crippen LogP contribution in [0.3, 0.4) is 0 Å². The minimum Gasteiger partial charge on any atom is -0.325 e. The molecule has 0 aliphatic heterocycles. The molecule has 0 atom stereocenters. The van der Waals surface area contributed by atoms with Crippen LogP contribution < -0.4 is 0 Å². The highest BCUT2D eigenvalue weighted by molar-refractivity contribution is 6.30. The summed E-state index contributed by atoms with van der Waals surface area (Å²) in [4.78, 5) is 13.0. The molecule has 0 amide bonds. The molecule has 0 spiro atoms. The molecule has 1 fully saturated rings. The molecule has 0 N–H and O–H groups in total. The third-order valence-electron chi connectivity index (χ3n) is 3.17. The van der Waals surface area contributed by atoms with E-state index in [0.29, 0.717) is 17.0 Å². The maximum absolute atomic E-state index is 6.10. The molecule has 88 valence electrons. The van der Waals surface area contributed by atoms with Crippen LogP contribution in [0, 0.1) is 13.8 Å². The van der Waals surface area contributed by atoms with Crippen LogP contribution >= 0.6 is 11.6 Å². The first kappa shape index (κ1) is 10.7. The molecule has 4 nitrogen and oxygen atoms in total. The Labute approximate surface area is 105 Å². The van der Waals surface area contributed by atoms with E-state index in [-0.39, 0.29) is 0 Å². The van der Waals surface area contributed by atoms with Crippen LogP contribution in [0.25, 0.3) is 11.5 Å². The number of hydrogen-bond donors (Lipinski definition) is 0. The van der Waals surface area contributed by atoms with Gasteiger partial charge in [-0.3, -0.25) is 0 Å². The second-order valence-electron chi connectivity index (χ2n) is 4.47. The van der Waals surface area contributed by atoms with E-state index in [1.807, 2.05) is 20.2 Å². The number of imidazole rings is 1. The lowest BCUT2D eigenvalue weighted by Gasteiger charge is -2.08. The van der Waals surface area contributed by atoms with Crippen molar-refractivity contribution in [3.63, 3.8) is 0 Å². The lowest BCUT2D eigenvalue weighted by atomic mass is 10.2. The molecule has 2 aromatic heterocycles. The second-order valence-corrected chi connectivity index (χ2v) is 4.82. The highest BCUT2D eigenvalue weighted by atomic mass is 35.5. The Bertz CT molecular complexity index is 549. The zero-order valence-electron chi connectivity index (χ0n) is 9.81. The predicted molar refractivity (Wildman–Crippen MR) is 66.0 cm³/mol. The van der Waals surface area contributed by atoms with Crippen LogP contribution in [0.1, 0.15) is 30.1 Å². The first-order chi connectivity index (χ1) is 8.16. The Morgan fingerprint density at radius 1 is 1.29 bits per heavy atom. The molecule has 2 heterocycles. The minimum atomic E-state index is 0.524. The Balaban J connectivity index is 2.11. The predicted octanol–water partition coefficient (Wildman–Crippen LogP) is 2.95. The summed E-state index contributed by atoms with van der Waals surface area (Å²) in [6.45, 7) is 3.88. The van der Waals surface area contributed by atoms with Gasteiger partial charge < -0.3 is 4.57 Å². The minimum absolute atomic E-state index is 0.524. The van der Waals surface area contributed by atoms with E-state index in [9.17, 15) is 0 Å². The molecule has 1 aliphatic carbocycles. The monoisotopic (exact) mass is 248 g/mol. The van der Waals surface area contributed by atoms with Crippen molar-refractivity contribution in [3.8, 4) is 11.5 Å². The van der Waals surface area contributed by atoms with E-state index >= 15 is 0 Å². The summed E-state index contributed by atoms with van der Waals surface area (Å²) < 4.78 is 2.14. The van der Waals surface area contributed by atoms with E-state index in [1.54, 1.807) is 6.20 Å². The van der Waals surface area contributed by atoms with Crippen LogP contribution in [0.5, 0.6) is 0 Å². The Morgan fingerprint density at radius 2 is 2.06 bits per heavy atom. The van der Waals surface area contributed by atoms with Crippen molar-refractivity contribution in [3.05, 3.63) is 28.9 Å². The molecule has 0 bridgehead atoms. The van der Waals surface area contributed by atoms with Crippen molar-refractivity contribution in [1.29, 1.82) is 0 Å². The first-order valence-corrected chi connectivity index (χ1v) is 6.07. The zero-order chi connectivity index (χ0) is 12.0. The van der Waals surface area contributed by atoms with E-state index in [2.05, 4.69) is 19.5 Å². The van der Waals surface area contributed by atoms with Crippen LogP contribution in [0.2, 0.25) is 5.15 Å². The lowest BCUT2D eigenvalue weighted by Crippen LogP contribution is -2.01. The number of rotatable bonds is 2. The lowest BCUT2D eigenvalue weighted by molar-refractivity contribution is 0.742. The summed E-state index contributed by atoms with van der Waals surface area (Å²) in [5, 5.41) is 0.524. The topological polar surface area (TPSA) is 43.6 Å². The quantitative estimate of drug-likeness (QED) is 0.768. The molecule has 2 aromatic rings. The van der Waals surface area contributed by atoms with Crippen molar-refractivity contribution >= 4 is 11.6 Å². The van der Waals surface area contributed by atoms with Crippen LogP contribution in [0.15, 0.2) is 12.5 Å². The van der Waals surface area contributed by atoms with Crippen molar-refractivity contribution in [1.82, 2.24) is 19.5 Å². The summed E-state index contributed by atoms with van der Waals surface area (Å²) >= 11 is 6.10. The van der Waals surface area contributed by atoms with Gasteiger partial charge in [0.25, 0.3) is 0 Å². The summed E-state index contributed by atoms with van der Waals surface area (Å²) in [5.41, 5.74) is 2.81. The standard InChI is InChI=1S/C12H13ClN4/c1-7-8(2)15-12(16-11(7)13)10-5-14-6-17(10)9-3-4-9/h5-6,9H,3-4H2,1-2H3. The Kier molecular flexibility index (Phi) is 2.40. The molecule has 3 rings (SSSR count). The normalized spacial score (nSPS) is 15.2. The molecule has 1 saturated carbocycles. The van der Waals surface area contributed by atoms with Crippen molar-refractivity contribution < 1.29 is 0 Å². The molecular weight excluding hydrogens is 236 g/mol. The average molecular weight is 249 g/mol. The largest absolute Gasteiger partial charge is 0.325 e. The number of aryl methyl sites for hydroxylation is 1. The van der Waals surface area contributed by atoms with Gasteiger partial charge in [-0.15, -0.1) is 0 Å². The molecular formula is C12H13ClN4. The van der Waals surface area contributed by atoms with Crippen molar-refractivity contribution in [2.75, 3.05) is 0 Å². The number of halogens is 1. The fraction of sp³-hybridized carbons (Fsp3) is 0.417. The summed E-state index contributed by atoms with van der Waals surface area (Å²) in [5.74, 6) is 0.669. The smallest absolute Gasteiger partial charge is 0.179 e. The highest BCUT2D eigenvalue weighted by Crippen LogP contribution is 2.37. The molecule has 1 aliphatic rings. The fourth-order valence-corrected chi connectivity index (χ4v) is 2.05. The molecule has 0 aromatic carbocycles. The third-order valence-corrected chi connectivity index (χ3v) is 3.53. The molecule has 0 unspecified atom stereocenters. The summed E-state index contributed by atoms with van der Waals surface area (Å²) in [6, 6.07) is 0.566. The van der Waals surface area contributed by atoms with Crippen molar-refractivity contribution in [2.45, 2.75) is 32.7 Å². The average Bonchev–Trinajstić information content (AvgIpc) is 3.03. The van der Waals surface area contributed by atoms with Crippen LogP contribution in [0.4, 0.5) is 0 Å². The number of aromatic nitrogens is 4. The zero-order valence-corrected chi connectivity index (χ0v) is 10.6. The maximum Gasteiger partial charge on any atom is 0.179 e. The Hall–Kier alpha value is -1.42. The maximum atomic E-state index is 6.10. The number of hydrogen-bond acceptors (Lipinski definition) is 3. The van der Waals surface area contributed by atoms with E-state index in [1.165, 1.54) is 12.8 Å². The van der Waals surface area contributed by atoms with Gasteiger partial charge in [0.1, 0.15) is 10.8 Å². The molecule has 17 heavy (non-hydrogen) atoms. The summed E-state index contributed by atoms with van der Waals surface area (Å²) in [7, 11) is 0. The van der Waals surface area contributed by atoms with Gasteiger partial charge in [0.15, 0.2) is 5.82 Å². The van der Waals surface area contributed by atoms with Crippen LogP contribution in [-0.2, 0) is 0 Å².